The van der Waals surface area contributed by atoms with Crippen LogP contribution in [0.1, 0.15) is 31.4 Å². The van der Waals surface area contributed by atoms with Crippen molar-refractivity contribution in [2.24, 2.45) is 0 Å². The summed E-state index contributed by atoms with van der Waals surface area (Å²) in [7, 11) is 0. The number of anilines is 1. The summed E-state index contributed by atoms with van der Waals surface area (Å²) < 4.78 is 5.54. The Hall–Kier alpha value is -3.28. The SMILES string of the molecule is CCCN1C(=O)C(c2ccc(OCC)cc2)=C(N2CCN(c3cccc(C)c3)CC2)C1=O. The lowest BCUT2D eigenvalue weighted by molar-refractivity contribution is -0.137. The van der Waals surface area contributed by atoms with Crippen LogP contribution in [-0.4, -0.2) is 60.9 Å². The zero-order valence-electron chi connectivity index (χ0n) is 19.1. The second-order valence-corrected chi connectivity index (χ2v) is 8.26. The number of hydrogen-bond donors (Lipinski definition) is 0. The molecular formula is C26H31N3O3. The molecule has 2 aliphatic heterocycles. The third-order valence-electron chi connectivity index (χ3n) is 6.01. The van der Waals surface area contributed by atoms with E-state index in [4.69, 9.17) is 4.74 Å². The van der Waals surface area contributed by atoms with Crippen molar-refractivity contribution in [2.75, 3.05) is 44.2 Å². The van der Waals surface area contributed by atoms with Crippen molar-refractivity contribution in [1.82, 2.24) is 9.80 Å². The number of benzene rings is 2. The molecule has 1 fully saturated rings. The van der Waals surface area contributed by atoms with Gasteiger partial charge in [0.25, 0.3) is 11.8 Å². The van der Waals surface area contributed by atoms with Gasteiger partial charge < -0.3 is 14.5 Å². The Labute approximate surface area is 190 Å². The molecule has 0 radical (unpaired) electrons. The number of imide groups is 1. The van der Waals surface area contributed by atoms with Crippen LogP contribution in [0, 0.1) is 6.92 Å². The molecule has 0 aliphatic carbocycles. The highest BCUT2D eigenvalue weighted by Crippen LogP contribution is 2.33. The molecule has 0 aromatic heterocycles. The van der Waals surface area contributed by atoms with Gasteiger partial charge in [-0.3, -0.25) is 14.5 Å². The first-order valence-corrected chi connectivity index (χ1v) is 11.4. The first-order chi connectivity index (χ1) is 15.5. The van der Waals surface area contributed by atoms with Crippen molar-refractivity contribution >= 4 is 23.1 Å². The number of carbonyl (C=O) groups is 2. The number of carbonyl (C=O) groups excluding carboxylic acids is 2. The molecule has 0 N–H and O–H groups in total. The predicted octanol–water partition coefficient (Wildman–Crippen LogP) is 3.71. The van der Waals surface area contributed by atoms with Crippen molar-refractivity contribution in [3.05, 3.63) is 65.4 Å². The van der Waals surface area contributed by atoms with Crippen LogP contribution < -0.4 is 9.64 Å². The van der Waals surface area contributed by atoms with Gasteiger partial charge in [-0.2, -0.15) is 0 Å². The molecule has 168 valence electrons. The first-order valence-electron chi connectivity index (χ1n) is 11.4. The second kappa shape index (κ2) is 9.47. The molecule has 32 heavy (non-hydrogen) atoms. The van der Waals surface area contributed by atoms with E-state index >= 15 is 0 Å². The quantitative estimate of drug-likeness (QED) is 0.623. The predicted molar refractivity (Wildman–Crippen MR) is 127 cm³/mol. The maximum Gasteiger partial charge on any atom is 0.277 e. The van der Waals surface area contributed by atoms with E-state index in [1.165, 1.54) is 16.2 Å². The first kappa shape index (κ1) is 21.9. The molecule has 1 saturated heterocycles. The van der Waals surface area contributed by atoms with E-state index in [1.807, 2.05) is 38.1 Å². The summed E-state index contributed by atoms with van der Waals surface area (Å²) >= 11 is 0. The number of rotatable bonds is 7. The van der Waals surface area contributed by atoms with Crippen LogP contribution in [-0.2, 0) is 9.59 Å². The monoisotopic (exact) mass is 433 g/mol. The summed E-state index contributed by atoms with van der Waals surface area (Å²) in [4.78, 5) is 32.4. The third-order valence-corrected chi connectivity index (χ3v) is 6.01. The van der Waals surface area contributed by atoms with Gasteiger partial charge in [0.2, 0.25) is 0 Å². The van der Waals surface area contributed by atoms with Gasteiger partial charge in [0.1, 0.15) is 11.4 Å². The molecule has 2 heterocycles. The molecule has 0 bridgehead atoms. The van der Waals surface area contributed by atoms with E-state index in [0.29, 0.717) is 37.5 Å². The maximum atomic E-state index is 13.3. The molecule has 2 amide bonds. The van der Waals surface area contributed by atoms with E-state index in [9.17, 15) is 9.59 Å². The summed E-state index contributed by atoms with van der Waals surface area (Å²) in [5.74, 6) is 0.384. The Balaban J connectivity index is 1.62. The summed E-state index contributed by atoms with van der Waals surface area (Å²) in [5, 5.41) is 0. The Morgan fingerprint density at radius 1 is 0.875 bits per heavy atom. The van der Waals surface area contributed by atoms with Crippen LogP contribution in [0.2, 0.25) is 0 Å². The molecule has 0 spiro atoms. The number of amides is 2. The summed E-state index contributed by atoms with van der Waals surface area (Å²) in [5.41, 5.74) is 4.25. The highest BCUT2D eigenvalue weighted by molar-refractivity contribution is 6.35. The fourth-order valence-electron chi connectivity index (χ4n) is 4.44. The van der Waals surface area contributed by atoms with Gasteiger partial charge in [-0.1, -0.05) is 31.2 Å². The average Bonchev–Trinajstić information content (AvgIpc) is 3.05. The van der Waals surface area contributed by atoms with E-state index in [-0.39, 0.29) is 11.8 Å². The van der Waals surface area contributed by atoms with Gasteiger partial charge in [-0.05, 0) is 55.7 Å². The molecule has 2 aromatic carbocycles. The Kier molecular flexibility index (Phi) is 6.49. The molecule has 2 aliphatic rings. The van der Waals surface area contributed by atoms with E-state index in [0.717, 1.165) is 30.8 Å². The van der Waals surface area contributed by atoms with Gasteiger partial charge >= 0.3 is 0 Å². The summed E-state index contributed by atoms with van der Waals surface area (Å²) in [6.07, 6.45) is 0.739. The number of nitrogens with zero attached hydrogens (tertiary/aromatic N) is 3. The van der Waals surface area contributed by atoms with E-state index in [2.05, 4.69) is 41.0 Å². The molecule has 4 rings (SSSR count). The summed E-state index contributed by atoms with van der Waals surface area (Å²) in [6, 6.07) is 16.0. The zero-order valence-corrected chi connectivity index (χ0v) is 19.1. The molecule has 6 heteroatoms. The minimum absolute atomic E-state index is 0.176. The molecular weight excluding hydrogens is 402 g/mol. The van der Waals surface area contributed by atoms with Crippen LogP contribution in [0.4, 0.5) is 5.69 Å². The topological polar surface area (TPSA) is 53.1 Å². The van der Waals surface area contributed by atoms with Gasteiger partial charge in [-0.25, -0.2) is 0 Å². The van der Waals surface area contributed by atoms with Crippen molar-refractivity contribution in [2.45, 2.75) is 27.2 Å². The van der Waals surface area contributed by atoms with Crippen molar-refractivity contribution < 1.29 is 14.3 Å². The lowest BCUT2D eigenvalue weighted by Gasteiger charge is -2.37. The third kappa shape index (κ3) is 4.22. The summed E-state index contributed by atoms with van der Waals surface area (Å²) in [6.45, 7) is 10.0. The van der Waals surface area contributed by atoms with Gasteiger partial charge in [0, 0.05) is 38.4 Å². The molecule has 6 nitrogen and oxygen atoms in total. The fourth-order valence-corrected chi connectivity index (χ4v) is 4.44. The van der Waals surface area contributed by atoms with Gasteiger partial charge in [0.15, 0.2) is 0 Å². The lowest BCUT2D eigenvalue weighted by atomic mass is 10.0. The normalized spacial score (nSPS) is 16.9. The van der Waals surface area contributed by atoms with E-state index in [1.54, 1.807) is 0 Å². The van der Waals surface area contributed by atoms with Crippen LogP contribution in [0.15, 0.2) is 54.2 Å². The second-order valence-electron chi connectivity index (χ2n) is 8.26. The van der Waals surface area contributed by atoms with Crippen molar-refractivity contribution in [3.8, 4) is 5.75 Å². The Morgan fingerprint density at radius 2 is 1.56 bits per heavy atom. The number of hydrogen-bond acceptors (Lipinski definition) is 5. The lowest BCUT2D eigenvalue weighted by Crippen LogP contribution is -2.47. The Morgan fingerprint density at radius 3 is 2.19 bits per heavy atom. The molecule has 0 atom stereocenters. The smallest absolute Gasteiger partial charge is 0.277 e. The van der Waals surface area contributed by atoms with Crippen LogP contribution in [0.5, 0.6) is 5.75 Å². The molecule has 2 aromatic rings. The Bertz CT molecular complexity index is 1020. The van der Waals surface area contributed by atoms with Gasteiger partial charge in [0.05, 0.1) is 12.2 Å². The number of aryl methyl sites for hydroxylation is 1. The van der Waals surface area contributed by atoms with E-state index < -0.39 is 0 Å². The highest BCUT2D eigenvalue weighted by Gasteiger charge is 2.41. The number of ether oxygens (including phenoxy) is 1. The largest absolute Gasteiger partial charge is 0.494 e. The van der Waals surface area contributed by atoms with Crippen molar-refractivity contribution in [3.63, 3.8) is 0 Å². The average molecular weight is 434 g/mol. The highest BCUT2D eigenvalue weighted by atomic mass is 16.5. The number of piperazine rings is 1. The van der Waals surface area contributed by atoms with Crippen LogP contribution in [0.3, 0.4) is 0 Å². The zero-order chi connectivity index (χ0) is 22.7. The minimum atomic E-state index is -0.197. The van der Waals surface area contributed by atoms with Crippen LogP contribution in [0.25, 0.3) is 5.57 Å². The van der Waals surface area contributed by atoms with Crippen LogP contribution >= 0.6 is 0 Å². The van der Waals surface area contributed by atoms with Crippen molar-refractivity contribution in [1.29, 1.82) is 0 Å². The standard InChI is InChI=1S/C26H31N3O3/c1-4-13-29-25(30)23(20-9-11-22(12-10-20)32-5-2)24(26(29)31)28-16-14-27(15-17-28)21-8-6-7-19(3)18-21/h6-12,18H,4-5,13-17H2,1-3H3. The van der Waals surface area contributed by atoms with Gasteiger partial charge in [-0.15, -0.1) is 0 Å². The minimum Gasteiger partial charge on any atom is -0.494 e. The molecule has 0 saturated carbocycles. The fraction of sp³-hybridized carbons (Fsp3) is 0.385. The molecule has 0 unspecified atom stereocenters. The maximum absolute atomic E-state index is 13.3.